The molecular formula is C54H49GeIrN3O-2. The van der Waals surface area contributed by atoms with Gasteiger partial charge in [0.15, 0.2) is 0 Å². The second-order valence-electron chi connectivity index (χ2n) is 17.0. The van der Waals surface area contributed by atoms with Gasteiger partial charge in [-0.1, -0.05) is 111 Å². The number of fused-ring (bicyclic) bond motifs is 8. The van der Waals surface area contributed by atoms with Crippen molar-refractivity contribution in [3.05, 3.63) is 168 Å². The number of hydrogen-bond acceptors (Lipinski definition) is 3. The first kappa shape index (κ1) is 37.7. The van der Waals surface area contributed by atoms with E-state index in [4.69, 9.17) is 13.5 Å². The molecule has 7 aromatic carbocycles. The van der Waals surface area contributed by atoms with Crippen LogP contribution in [0.5, 0.6) is 0 Å². The van der Waals surface area contributed by atoms with Gasteiger partial charge in [0, 0.05) is 31.2 Å². The SMILES string of the molecule is CC(C)c1cccc(C(C)C)c1-n1c(-c2[c-]ccc3c2oc2ccc4c5ccccc5ccc4c23)nc2ccccc21.[2H]C([2H])([2H])c1c[c-]c(-c2cc[c]([Ge]([CH3])([CH3])[CH3])cn2)cc1.[Ir]. The molecular weight excluding hydrogens is 971 g/mol. The van der Waals surface area contributed by atoms with Gasteiger partial charge in [0.05, 0.1) is 22.4 Å². The Bertz CT molecular complexity index is 3190. The van der Waals surface area contributed by atoms with Crippen LogP contribution in [0.15, 0.2) is 144 Å². The molecule has 301 valence electrons. The number of imidazole rings is 1. The molecule has 0 bridgehead atoms. The molecule has 0 saturated carbocycles. The van der Waals surface area contributed by atoms with E-state index in [1.807, 2.05) is 18.3 Å². The number of hydrogen-bond donors (Lipinski definition) is 0. The first-order valence-corrected chi connectivity index (χ1v) is 27.8. The van der Waals surface area contributed by atoms with E-state index in [1.54, 1.807) is 12.1 Å². The molecule has 0 amide bonds. The van der Waals surface area contributed by atoms with E-state index in [2.05, 4.69) is 170 Å². The van der Waals surface area contributed by atoms with Gasteiger partial charge in [-0.05, 0) is 62.7 Å². The van der Waals surface area contributed by atoms with Gasteiger partial charge >= 0.3 is 110 Å². The minimum Gasteiger partial charge on any atom is 0 e. The van der Waals surface area contributed by atoms with Crippen LogP contribution >= 0.6 is 0 Å². The van der Waals surface area contributed by atoms with Crippen LogP contribution in [-0.4, -0.2) is 27.8 Å². The third kappa shape index (κ3) is 7.53. The van der Waals surface area contributed by atoms with Crippen molar-refractivity contribution in [1.82, 2.24) is 14.5 Å². The molecule has 10 aromatic rings. The van der Waals surface area contributed by atoms with E-state index >= 15 is 0 Å². The van der Waals surface area contributed by atoms with Crippen LogP contribution in [-0.2, 0) is 20.1 Å². The Morgan fingerprint density at radius 1 is 0.700 bits per heavy atom. The fourth-order valence-electron chi connectivity index (χ4n) is 8.27. The summed E-state index contributed by atoms with van der Waals surface area (Å²) >= 11 is -1.83. The summed E-state index contributed by atoms with van der Waals surface area (Å²) in [5.74, 6) is 8.53. The summed E-state index contributed by atoms with van der Waals surface area (Å²) in [7, 11) is 0. The fourth-order valence-corrected chi connectivity index (χ4v) is 10.4. The average Bonchev–Trinajstić information content (AvgIpc) is 3.85. The summed E-state index contributed by atoms with van der Waals surface area (Å²) in [6.07, 6.45) is 1.95. The number of aromatic nitrogens is 3. The maximum absolute atomic E-state index is 7.35. The molecule has 0 atom stereocenters. The number of pyridine rings is 1. The van der Waals surface area contributed by atoms with E-state index < -0.39 is 20.1 Å². The standard InChI is InChI=1S/C39H31N2O.C15H18GeN.Ir/c1-23(2)26-13-9-14-27(24(3)4)37(26)41-34-18-8-7-17-33(34)40-39(41)32-16-10-15-31-36-30-20-19-25-11-5-6-12-28(25)29(30)21-22-35(36)42-38(31)32;1-12-5-7-13(8-6-12)15-10-9-14(11-17-15)16(2,3)4;/h5-15,17-24H,1-4H3;5-7,9-11H,1-4H3;/q2*-1;/i;1D3;. The summed E-state index contributed by atoms with van der Waals surface area (Å²) in [6, 6.07) is 52.2. The number of benzene rings is 7. The summed E-state index contributed by atoms with van der Waals surface area (Å²) in [5, 5.41) is 7.14. The predicted octanol–water partition coefficient (Wildman–Crippen LogP) is 14.3. The van der Waals surface area contributed by atoms with Crippen LogP contribution in [0.25, 0.3) is 82.8 Å². The van der Waals surface area contributed by atoms with Crippen molar-refractivity contribution in [2.24, 2.45) is 0 Å². The van der Waals surface area contributed by atoms with E-state index in [1.165, 1.54) is 48.8 Å². The van der Waals surface area contributed by atoms with Gasteiger partial charge in [-0.15, -0.1) is 18.2 Å². The van der Waals surface area contributed by atoms with Crippen molar-refractivity contribution in [3.8, 4) is 28.3 Å². The second kappa shape index (κ2) is 16.6. The second-order valence-corrected chi connectivity index (χ2v) is 27.7. The quantitative estimate of drug-likeness (QED) is 0.0947. The maximum Gasteiger partial charge on any atom is 0 e. The van der Waals surface area contributed by atoms with Crippen LogP contribution in [0.1, 0.15) is 60.3 Å². The molecule has 0 saturated heterocycles. The van der Waals surface area contributed by atoms with Crippen molar-refractivity contribution in [2.45, 2.75) is 63.7 Å². The molecule has 0 aliphatic heterocycles. The van der Waals surface area contributed by atoms with Gasteiger partial charge in [0.1, 0.15) is 5.58 Å². The molecule has 3 aromatic heterocycles. The average molecular weight is 1020 g/mol. The summed E-state index contributed by atoms with van der Waals surface area (Å²) in [5.41, 5.74) is 10.4. The van der Waals surface area contributed by atoms with Gasteiger partial charge in [-0.25, -0.2) is 0 Å². The zero-order chi connectivity index (χ0) is 43.5. The Morgan fingerprint density at radius 2 is 1.45 bits per heavy atom. The van der Waals surface area contributed by atoms with E-state index in [0.29, 0.717) is 17.4 Å². The van der Waals surface area contributed by atoms with Gasteiger partial charge in [0.2, 0.25) is 0 Å². The molecule has 60 heavy (non-hydrogen) atoms. The van der Waals surface area contributed by atoms with Crippen LogP contribution < -0.4 is 4.40 Å². The molecule has 0 aliphatic carbocycles. The molecule has 0 unspecified atom stereocenters. The van der Waals surface area contributed by atoms with Crippen molar-refractivity contribution in [3.63, 3.8) is 0 Å². The minimum atomic E-state index is -2.08. The third-order valence-corrected chi connectivity index (χ3v) is 15.6. The van der Waals surface area contributed by atoms with Crippen LogP contribution in [0.4, 0.5) is 0 Å². The minimum absolute atomic E-state index is 0. The van der Waals surface area contributed by atoms with Crippen molar-refractivity contribution >= 4 is 72.2 Å². The maximum atomic E-state index is 7.35. The van der Waals surface area contributed by atoms with Gasteiger partial charge in [0.25, 0.3) is 0 Å². The predicted molar refractivity (Wildman–Crippen MR) is 252 cm³/mol. The first-order valence-electron chi connectivity index (χ1n) is 22.0. The van der Waals surface area contributed by atoms with Gasteiger partial charge < -0.3 is 8.98 Å². The summed E-state index contributed by atoms with van der Waals surface area (Å²) in [6.45, 7) is 6.99. The van der Waals surface area contributed by atoms with E-state index in [9.17, 15) is 0 Å². The topological polar surface area (TPSA) is 43.9 Å². The van der Waals surface area contributed by atoms with Crippen molar-refractivity contribution in [1.29, 1.82) is 0 Å². The van der Waals surface area contributed by atoms with Gasteiger partial charge in [-0.2, -0.15) is 0 Å². The number of para-hydroxylation sites is 3. The molecule has 0 N–H and O–H groups in total. The Morgan fingerprint density at radius 3 is 2.15 bits per heavy atom. The van der Waals surface area contributed by atoms with Crippen LogP contribution in [0.3, 0.4) is 0 Å². The summed E-state index contributed by atoms with van der Waals surface area (Å²) < 4.78 is 32.5. The van der Waals surface area contributed by atoms with E-state index in [0.717, 1.165) is 55.6 Å². The largest absolute Gasteiger partial charge is 0 e. The Kier molecular flexibility index (Phi) is 10.4. The number of aryl methyl sites for hydroxylation is 1. The fraction of sp³-hybridized carbons (Fsp3) is 0.185. The van der Waals surface area contributed by atoms with Crippen molar-refractivity contribution < 1.29 is 28.6 Å². The molecule has 6 heteroatoms. The number of rotatable bonds is 6. The smallest absolute Gasteiger partial charge is 0 e. The van der Waals surface area contributed by atoms with E-state index in [-0.39, 0.29) is 20.1 Å². The number of furan rings is 1. The van der Waals surface area contributed by atoms with Crippen LogP contribution in [0, 0.1) is 19.0 Å². The normalized spacial score (nSPS) is 12.8. The van der Waals surface area contributed by atoms with Crippen molar-refractivity contribution in [2.75, 3.05) is 0 Å². The Hall–Kier alpha value is -5.33. The zero-order valence-corrected chi connectivity index (χ0v) is 39.5. The van der Waals surface area contributed by atoms with Gasteiger partial charge in [-0.3, -0.25) is 4.98 Å². The zero-order valence-electron chi connectivity index (χ0n) is 38.0. The van der Waals surface area contributed by atoms with Crippen LogP contribution in [0.2, 0.25) is 17.3 Å². The molecule has 4 nitrogen and oxygen atoms in total. The first-order chi connectivity index (χ1) is 29.7. The third-order valence-electron chi connectivity index (χ3n) is 11.4. The molecule has 10 rings (SSSR count). The molecule has 0 spiro atoms. The molecule has 0 fully saturated rings. The monoisotopic (exact) mass is 1030 g/mol. The summed E-state index contributed by atoms with van der Waals surface area (Å²) in [4.78, 5) is 9.74. The molecule has 3 heterocycles. The Labute approximate surface area is 373 Å². The Balaban J connectivity index is 0.000000219. The molecule has 1 radical (unpaired) electrons. The number of nitrogens with zero attached hydrogens (tertiary/aromatic N) is 3. The molecule has 0 aliphatic rings.